The molecule has 0 aromatic rings. The van der Waals surface area contributed by atoms with Gasteiger partial charge in [-0.25, -0.2) is 0 Å². The fourth-order valence-corrected chi connectivity index (χ4v) is 3.53. The van der Waals surface area contributed by atoms with E-state index in [1.165, 1.54) is 57.8 Å². The lowest BCUT2D eigenvalue weighted by atomic mass is 9.65. The molecule has 0 heteroatoms. The summed E-state index contributed by atoms with van der Waals surface area (Å²) in [5.74, 6) is 4.15. The molecule has 2 rings (SSSR count). The van der Waals surface area contributed by atoms with Gasteiger partial charge in [-0.15, -0.1) is 0 Å². The SMILES string of the molecule is CCCCCC[C]1CCC1C1CCCC1. The normalized spacial score (nSPS) is 28.2. The molecule has 2 aliphatic rings. The molecule has 2 aliphatic carbocycles. The monoisotopic (exact) mass is 207 g/mol. The summed E-state index contributed by atoms with van der Waals surface area (Å²) < 4.78 is 0. The van der Waals surface area contributed by atoms with E-state index in [0.29, 0.717) is 0 Å². The highest BCUT2D eigenvalue weighted by Crippen LogP contribution is 2.49. The van der Waals surface area contributed by atoms with Crippen molar-refractivity contribution in [3.63, 3.8) is 0 Å². The van der Waals surface area contributed by atoms with E-state index in [0.717, 1.165) is 11.8 Å². The highest BCUT2D eigenvalue weighted by Gasteiger charge is 2.37. The van der Waals surface area contributed by atoms with Crippen LogP contribution in [0.15, 0.2) is 0 Å². The first-order chi connectivity index (χ1) is 7.42. The van der Waals surface area contributed by atoms with Gasteiger partial charge in [0.25, 0.3) is 0 Å². The van der Waals surface area contributed by atoms with Crippen LogP contribution in [0.3, 0.4) is 0 Å². The fraction of sp³-hybridized carbons (Fsp3) is 0.933. The van der Waals surface area contributed by atoms with E-state index in [-0.39, 0.29) is 0 Å². The Labute approximate surface area is 95.8 Å². The van der Waals surface area contributed by atoms with E-state index in [1.54, 1.807) is 12.8 Å². The molecule has 0 spiro atoms. The zero-order valence-electron chi connectivity index (χ0n) is 10.4. The van der Waals surface area contributed by atoms with Crippen LogP contribution in [-0.4, -0.2) is 0 Å². The maximum Gasteiger partial charge on any atom is -0.0207 e. The second kappa shape index (κ2) is 5.92. The molecule has 0 nitrogen and oxygen atoms in total. The molecule has 0 N–H and O–H groups in total. The van der Waals surface area contributed by atoms with Crippen molar-refractivity contribution in [3.8, 4) is 0 Å². The molecule has 0 heterocycles. The van der Waals surface area contributed by atoms with Gasteiger partial charge in [0.05, 0.1) is 0 Å². The van der Waals surface area contributed by atoms with Gasteiger partial charge in [-0.2, -0.15) is 0 Å². The molecule has 1 atom stereocenters. The van der Waals surface area contributed by atoms with Gasteiger partial charge in [0.1, 0.15) is 0 Å². The van der Waals surface area contributed by atoms with Crippen LogP contribution in [0.2, 0.25) is 0 Å². The van der Waals surface area contributed by atoms with Gasteiger partial charge < -0.3 is 0 Å². The first-order valence-corrected chi connectivity index (χ1v) is 7.26. The molecule has 0 aromatic carbocycles. The molecule has 0 saturated heterocycles. The lowest BCUT2D eigenvalue weighted by Crippen LogP contribution is -2.29. The van der Waals surface area contributed by atoms with Crippen LogP contribution >= 0.6 is 0 Å². The Hall–Kier alpha value is 0. The highest BCUT2D eigenvalue weighted by atomic mass is 14.4. The first kappa shape index (κ1) is 11.5. The summed E-state index contributed by atoms with van der Waals surface area (Å²) >= 11 is 0. The van der Waals surface area contributed by atoms with Crippen LogP contribution in [0.1, 0.15) is 77.6 Å². The third-order valence-electron chi connectivity index (χ3n) is 4.62. The quantitative estimate of drug-likeness (QED) is 0.530. The topological polar surface area (TPSA) is 0 Å². The van der Waals surface area contributed by atoms with E-state index in [9.17, 15) is 0 Å². The van der Waals surface area contributed by atoms with Crippen molar-refractivity contribution in [1.82, 2.24) is 0 Å². The third-order valence-corrected chi connectivity index (χ3v) is 4.62. The number of unbranched alkanes of at least 4 members (excludes halogenated alkanes) is 3. The van der Waals surface area contributed by atoms with Gasteiger partial charge >= 0.3 is 0 Å². The number of rotatable bonds is 6. The Kier molecular flexibility index (Phi) is 4.53. The van der Waals surface area contributed by atoms with Crippen molar-refractivity contribution in [1.29, 1.82) is 0 Å². The van der Waals surface area contributed by atoms with E-state index in [1.807, 2.05) is 5.92 Å². The van der Waals surface area contributed by atoms with Crippen LogP contribution in [0.25, 0.3) is 0 Å². The third kappa shape index (κ3) is 2.98. The zero-order chi connectivity index (χ0) is 10.5. The Morgan fingerprint density at radius 1 is 1.00 bits per heavy atom. The fourth-order valence-electron chi connectivity index (χ4n) is 3.53. The average Bonchev–Trinajstić information content (AvgIpc) is 2.69. The van der Waals surface area contributed by atoms with Crippen molar-refractivity contribution < 1.29 is 0 Å². The van der Waals surface area contributed by atoms with Crippen molar-refractivity contribution in [2.75, 3.05) is 0 Å². The molecule has 1 radical (unpaired) electrons. The van der Waals surface area contributed by atoms with Crippen molar-refractivity contribution in [2.45, 2.75) is 77.6 Å². The summed E-state index contributed by atoms with van der Waals surface area (Å²) in [6.45, 7) is 2.30. The minimum Gasteiger partial charge on any atom is -0.0654 e. The molecule has 0 aliphatic heterocycles. The summed E-state index contributed by atoms with van der Waals surface area (Å²) in [4.78, 5) is 0. The van der Waals surface area contributed by atoms with Gasteiger partial charge in [-0.3, -0.25) is 0 Å². The van der Waals surface area contributed by atoms with Crippen LogP contribution in [0.4, 0.5) is 0 Å². The van der Waals surface area contributed by atoms with E-state index in [4.69, 9.17) is 0 Å². The second-order valence-electron chi connectivity index (χ2n) is 5.66. The van der Waals surface area contributed by atoms with Crippen LogP contribution in [-0.2, 0) is 0 Å². The molecular formula is C15H27. The molecule has 0 aromatic heterocycles. The smallest absolute Gasteiger partial charge is 0.0207 e. The lowest BCUT2D eigenvalue weighted by molar-refractivity contribution is 0.229. The Morgan fingerprint density at radius 3 is 2.40 bits per heavy atom. The van der Waals surface area contributed by atoms with E-state index < -0.39 is 0 Å². The molecule has 0 amide bonds. The minimum atomic E-state index is 1.08. The number of hydrogen-bond acceptors (Lipinski definition) is 0. The summed E-state index contributed by atoms with van der Waals surface area (Å²) in [5.41, 5.74) is 0. The van der Waals surface area contributed by atoms with Crippen LogP contribution < -0.4 is 0 Å². The standard InChI is InChI=1S/C15H27/c1-2-3-4-5-8-14-11-12-15(14)13-9-6-7-10-13/h13,15H,2-12H2,1H3. The van der Waals surface area contributed by atoms with Crippen LogP contribution in [0.5, 0.6) is 0 Å². The average molecular weight is 207 g/mol. The summed E-state index contributed by atoms with van der Waals surface area (Å²) in [7, 11) is 0. The molecule has 2 fully saturated rings. The molecule has 2 saturated carbocycles. The largest absolute Gasteiger partial charge is 0.0654 e. The zero-order valence-corrected chi connectivity index (χ0v) is 10.4. The Balaban J connectivity index is 1.61. The van der Waals surface area contributed by atoms with Gasteiger partial charge in [-0.05, 0) is 37.0 Å². The summed E-state index contributed by atoms with van der Waals surface area (Å²) in [5, 5.41) is 0. The molecule has 87 valence electrons. The molecule has 0 bridgehead atoms. The predicted molar refractivity (Wildman–Crippen MR) is 66.7 cm³/mol. The summed E-state index contributed by atoms with van der Waals surface area (Å²) in [6, 6.07) is 0. The van der Waals surface area contributed by atoms with Crippen molar-refractivity contribution in [3.05, 3.63) is 5.92 Å². The minimum absolute atomic E-state index is 1.08. The first-order valence-electron chi connectivity index (χ1n) is 7.26. The second-order valence-corrected chi connectivity index (χ2v) is 5.66. The maximum atomic E-state index is 2.30. The lowest BCUT2D eigenvalue weighted by Gasteiger charge is -2.40. The number of hydrogen-bond donors (Lipinski definition) is 0. The van der Waals surface area contributed by atoms with Gasteiger partial charge in [-0.1, -0.05) is 58.3 Å². The van der Waals surface area contributed by atoms with Crippen LogP contribution in [0, 0.1) is 17.8 Å². The maximum absolute atomic E-state index is 2.30. The molecular weight excluding hydrogens is 180 g/mol. The van der Waals surface area contributed by atoms with E-state index >= 15 is 0 Å². The van der Waals surface area contributed by atoms with Crippen molar-refractivity contribution in [2.24, 2.45) is 11.8 Å². The predicted octanol–water partition coefficient (Wildman–Crippen LogP) is 5.13. The van der Waals surface area contributed by atoms with E-state index in [2.05, 4.69) is 6.92 Å². The molecule has 1 unspecified atom stereocenters. The van der Waals surface area contributed by atoms with Gasteiger partial charge in [0, 0.05) is 0 Å². The molecule has 15 heavy (non-hydrogen) atoms. The summed E-state index contributed by atoms with van der Waals surface area (Å²) in [6.07, 6.45) is 16.4. The Bertz CT molecular complexity index is 167. The Morgan fingerprint density at radius 2 is 1.80 bits per heavy atom. The van der Waals surface area contributed by atoms with Crippen molar-refractivity contribution >= 4 is 0 Å². The van der Waals surface area contributed by atoms with Gasteiger partial charge in [0.2, 0.25) is 0 Å². The van der Waals surface area contributed by atoms with Gasteiger partial charge in [0.15, 0.2) is 0 Å². The highest BCUT2D eigenvalue weighted by molar-refractivity contribution is 5.08.